The molecule has 0 aromatic carbocycles. The second-order valence-electron chi connectivity index (χ2n) is 3.23. The number of halogens is 2. The van der Waals surface area contributed by atoms with Gasteiger partial charge in [0, 0.05) is 10.4 Å². The Morgan fingerprint density at radius 3 is 2.76 bits per heavy atom. The predicted molar refractivity (Wildman–Crippen MR) is 64.6 cm³/mol. The molecule has 2 nitrogen and oxygen atoms in total. The lowest BCUT2D eigenvalue weighted by Gasteiger charge is -2.06. The van der Waals surface area contributed by atoms with Crippen LogP contribution in [0, 0.1) is 16.0 Å². The van der Waals surface area contributed by atoms with E-state index in [1.165, 1.54) is 17.4 Å². The summed E-state index contributed by atoms with van der Waals surface area (Å²) in [6.45, 7) is 0. The van der Waals surface area contributed by atoms with E-state index in [2.05, 4.69) is 4.98 Å². The van der Waals surface area contributed by atoms with E-state index in [1.807, 2.05) is 11.4 Å². The molecule has 2 aromatic rings. The van der Waals surface area contributed by atoms with Crippen LogP contribution in [0.1, 0.15) is 17.7 Å². The highest BCUT2D eigenvalue weighted by atomic mass is 32.1. The van der Waals surface area contributed by atoms with Crippen LogP contribution in [0.4, 0.5) is 8.78 Å². The van der Waals surface area contributed by atoms with Crippen molar-refractivity contribution in [3.63, 3.8) is 0 Å². The Morgan fingerprint density at radius 1 is 1.47 bits per heavy atom. The monoisotopic (exact) mass is 268 g/mol. The van der Waals surface area contributed by atoms with Crippen molar-refractivity contribution in [1.82, 2.24) is 4.98 Å². The Labute approximate surface area is 105 Å². The molecule has 0 atom stereocenters. The van der Waals surface area contributed by atoms with Crippen molar-refractivity contribution in [3.05, 3.63) is 39.5 Å². The number of H-pyrrole nitrogens is 1. The molecule has 0 radical (unpaired) electrons. The second-order valence-corrected chi connectivity index (χ2v) is 4.59. The van der Waals surface area contributed by atoms with Crippen LogP contribution in [-0.2, 0) is 0 Å². The molecule has 0 amide bonds. The number of rotatable bonds is 2. The summed E-state index contributed by atoms with van der Waals surface area (Å²) in [5.41, 5.74) is 0.422. The summed E-state index contributed by atoms with van der Waals surface area (Å²) in [7, 11) is 0. The van der Waals surface area contributed by atoms with Crippen molar-refractivity contribution >= 4 is 23.6 Å². The van der Waals surface area contributed by atoms with Gasteiger partial charge in [-0.3, -0.25) is 0 Å². The van der Waals surface area contributed by atoms with Crippen LogP contribution in [0.25, 0.3) is 10.4 Å². The first-order valence-corrected chi connectivity index (χ1v) is 5.91. The van der Waals surface area contributed by atoms with Gasteiger partial charge < -0.3 is 4.98 Å². The minimum atomic E-state index is -2.64. The zero-order valence-electron chi connectivity index (χ0n) is 8.41. The van der Waals surface area contributed by atoms with E-state index in [-0.39, 0.29) is 15.9 Å². The van der Waals surface area contributed by atoms with Crippen molar-refractivity contribution < 1.29 is 8.78 Å². The molecular weight excluding hydrogens is 262 g/mol. The van der Waals surface area contributed by atoms with Crippen LogP contribution < -0.4 is 0 Å². The summed E-state index contributed by atoms with van der Waals surface area (Å²) < 4.78 is 25.3. The number of thiophene rings is 1. The van der Waals surface area contributed by atoms with Gasteiger partial charge in [0.1, 0.15) is 10.7 Å². The topological polar surface area (TPSA) is 39.6 Å². The van der Waals surface area contributed by atoms with Crippen LogP contribution in [0.15, 0.2) is 23.6 Å². The van der Waals surface area contributed by atoms with Gasteiger partial charge in [0.25, 0.3) is 6.43 Å². The van der Waals surface area contributed by atoms with Crippen molar-refractivity contribution in [3.8, 4) is 16.5 Å². The molecular formula is C11H6F2N2S2. The Bertz CT molecular complexity index is 624. The van der Waals surface area contributed by atoms with Crippen LogP contribution in [-0.4, -0.2) is 4.98 Å². The largest absolute Gasteiger partial charge is 0.344 e. The average Bonchev–Trinajstić information content (AvgIpc) is 2.81. The molecule has 0 aliphatic carbocycles. The number of alkyl halides is 2. The van der Waals surface area contributed by atoms with E-state index >= 15 is 0 Å². The number of aromatic amines is 1. The Morgan fingerprint density at radius 2 is 2.24 bits per heavy atom. The van der Waals surface area contributed by atoms with Crippen LogP contribution in [0.2, 0.25) is 0 Å². The zero-order chi connectivity index (χ0) is 12.4. The van der Waals surface area contributed by atoms with Gasteiger partial charge in [0.2, 0.25) is 0 Å². The van der Waals surface area contributed by atoms with E-state index in [0.717, 1.165) is 4.88 Å². The quantitative estimate of drug-likeness (QED) is 0.826. The van der Waals surface area contributed by atoms with Gasteiger partial charge in [0.05, 0.1) is 11.3 Å². The molecule has 0 fully saturated rings. The molecule has 0 saturated heterocycles. The minimum Gasteiger partial charge on any atom is -0.344 e. The number of aromatic nitrogens is 1. The lowest BCUT2D eigenvalue weighted by Crippen LogP contribution is -1.95. The fourth-order valence-electron chi connectivity index (χ4n) is 1.43. The van der Waals surface area contributed by atoms with Crippen molar-refractivity contribution in [2.45, 2.75) is 6.43 Å². The van der Waals surface area contributed by atoms with Gasteiger partial charge in [-0.15, -0.1) is 11.3 Å². The smallest absolute Gasteiger partial charge is 0.278 e. The molecule has 6 heteroatoms. The first kappa shape index (κ1) is 11.9. The van der Waals surface area contributed by atoms with Crippen LogP contribution in [0.3, 0.4) is 0 Å². The average molecular weight is 268 g/mol. The van der Waals surface area contributed by atoms with E-state index in [1.54, 1.807) is 12.1 Å². The number of pyridine rings is 1. The standard InChI is InChI=1S/C11H6F2N2S2/c12-10(13)8-4-6(9-2-1-3-17-9)7(5-14)11(16)15-8/h1-4,10H,(H,15,16). The molecule has 2 aromatic heterocycles. The maximum atomic E-state index is 12.6. The molecule has 86 valence electrons. The van der Waals surface area contributed by atoms with Crippen molar-refractivity contribution in [2.75, 3.05) is 0 Å². The Kier molecular flexibility index (Phi) is 3.31. The van der Waals surface area contributed by atoms with Gasteiger partial charge in [-0.1, -0.05) is 18.3 Å². The maximum absolute atomic E-state index is 12.6. The van der Waals surface area contributed by atoms with Crippen LogP contribution in [0.5, 0.6) is 0 Å². The summed E-state index contributed by atoms with van der Waals surface area (Å²) in [5, 5.41) is 10.8. The molecule has 0 aliphatic heterocycles. The first-order valence-electron chi connectivity index (χ1n) is 4.63. The molecule has 2 rings (SSSR count). The van der Waals surface area contributed by atoms with Gasteiger partial charge in [-0.05, 0) is 17.5 Å². The van der Waals surface area contributed by atoms with Gasteiger partial charge in [0.15, 0.2) is 0 Å². The minimum absolute atomic E-state index is 0.0497. The molecule has 0 unspecified atom stereocenters. The van der Waals surface area contributed by atoms with Gasteiger partial charge in [-0.25, -0.2) is 8.78 Å². The van der Waals surface area contributed by atoms with Crippen LogP contribution >= 0.6 is 23.6 Å². The zero-order valence-corrected chi connectivity index (χ0v) is 10.0. The fraction of sp³-hybridized carbons (Fsp3) is 0.0909. The molecule has 0 spiro atoms. The third-order valence-electron chi connectivity index (χ3n) is 2.19. The van der Waals surface area contributed by atoms with Crippen molar-refractivity contribution in [2.24, 2.45) is 0 Å². The molecule has 0 bridgehead atoms. The Hall–Kier alpha value is -1.58. The molecule has 17 heavy (non-hydrogen) atoms. The predicted octanol–water partition coefficient (Wildman–Crippen LogP) is 4.28. The highest BCUT2D eigenvalue weighted by Crippen LogP contribution is 2.30. The summed E-state index contributed by atoms with van der Waals surface area (Å²) in [5.74, 6) is 0. The van der Waals surface area contributed by atoms with Gasteiger partial charge >= 0.3 is 0 Å². The number of hydrogen-bond acceptors (Lipinski definition) is 3. The normalized spacial score (nSPS) is 10.5. The third kappa shape index (κ3) is 2.25. The van der Waals surface area contributed by atoms with Crippen molar-refractivity contribution in [1.29, 1.82) is 5.26 Å². The number of hydrogen-bond donors (Lipinski definition) is 1. The van der Waals surface area contributed by atoms with E-state index in [4.69, 9.17) is 17.5 Å². The maximum Gasteiger partial charge on any atom is 0.278 e. The van der Waals surface area contributed by atoms with E-state index in [9.17, 15) is 8.78 Å². The number of nitriles is 1. The highest BCUT2D eigenvalue weighted by molar-refractivity contribution is 7.71. The molecule has 0 aliphatic rings. The summed E-state index contributed by atoms with van der Waals surface area (Å²) in [6.07, 6.45) is -2.64. The number of nitrogens with one attached hydrogen (secondary N) is 1. The molecule has 1 N–H and O–H groups in total. The Balaban J connectivity index is 2.73. The first-order chi connectivity index (χ1) is 8.13. The summed E-state index contributed by atoms with van der Waals surface area (Å²) in [4.78, 5) is 3.13. The lowest BCUT2D eigenvalue weighted by atomic mass is 10.1. The molecule has 2 heterocycles. The fourth-order valence-corrected chi connectivity index (χ4v) is 2.46. The SMILES string of the molecule is N#Cc1c(-c2cccs2)cc(C(F)F)[nH]c1=S. The molecule has 0 saturated carbocycles. The summed E-state index contributed by atoms with van der Waals surface area (Å²) in [6, 6.07) is 6.79. The third-order valence-corrected chi connectivity index (χ3v) is 3.40. The highest BCUT2D eigenvalue weighted by Gasteiger charge is 2.14. The van der Waals surface area contributed by atoms with E-state index in [0.29, 0.717) is 5.56 Å². The van der Waals surface area contributed by atoms with E-state index < -0.39 is 6.43 Å². The second kappa shape index (κ2) is 4.73. The van der Waals surface area contributed by atoms with Gasteiger partial charge in [-0.2, -0.15) is 5.26 Å². The number of nitrogens with zero attached hydrogens (tertiary/aromatic N) is 1. The lowest BCUT2D eigenvalue weighted by molar-refractivity contribution is 0.146. The summed E-state index contributed by atoms with van der Waals surface area (Å²) >= 11 is 6.29.